The Morgan fingerprint density at radius 2 is 1.94 bits per heavy atom. The van der Waals surface area contributed by atoms with Gasteiger partial charge in [-0.25, -0.2) is 0 Å². The molecule has 0 bridgehead atoms. The van der Waals surface area contributed by atoms with Crippen molar-refractivity contribution in [1.82, 2.24) is 0 Å². The SMILES string of the molecule is O=C1C(O)=C2CCCC=C2N1c1ccccc1. The van der Waals surface area contributed by atoms with E-state index in [1.54, 1.807) is 4.90 Å². The van der Waals surface area contributed by atoms with E-state index in [0.717, 1.165) is 36.2 Å². The largest absolute Gasteiger partial charge is 0.503 e. The Hall–Kier alpha value is -2.03. The lowest BCUT2D eigenvalue weighted by molar-refractivity contribution is -0.116. The van der Waals surface area contributed by atoms with Crippen LogP contribution in [-0.4, -0.2) is 11.0 Å². The third-order valence-corrected chi connectivity index (χ3v) is 3.22. The van der Waals surface area contributed by atoms with E-state index in [2.05, 4.69) is 0 Å². The molecule has 0 saturated heterocycles. The lowest BCUT2D eigenvalue weighted by atomic mass is 9.99. The summed E-state index contributed by atoms with van der Waals surface area (Å²) in [7, 11) is 0. The Balaban J connectivity index is 2.09. The lowest BCUT2D eigenvalue weighted by Gasteiger charge is -2.21. The van der Waals surface area contributed by atoms with Gasteiger partial charge in [-0.1, -0.05) is 24.3 Å². The number of anilines is 1. The first-order valence-electron chi connectivity index (χ1n) is 5.81. The average molecular weight is 227 g/mol. The molecule has 0 atom stereocenters. The Morgan fingerprint density at radius 1 is 1.18 bits per heavy atom. The number of hydrogen-bond acceptors (Lipinski definition) is 2. The standard InChI is InChI=1S/C14H13NO2/c16-13-11-8-4-5-9-12(11)15(14(13)17)10-6-2-1-3-7-10/h1-3,6-7,9,16H,4-5,8H2. The Labute approximate surface area is 99.7 Å². The van der Waals surface area contributed by atoms with Gasteiger partial charge in [0.15, 0.2) is 5.76 Å². The van der Waals surface area contributed by atoms with Crippen LogP contribution in [0.1, 0.15) is 19.3 Å². The molecule has 3 rings (SSSR count). The molecule has 0 unspecified atom stereocenters. The number of aliphatic hydroxyl groups is 1. The number of benzene rings is 1. The molecular formula is C14H13NO2. The monoisotopic (exact) mass is 227 g/mol. The minimum Gasteiger partial charge on any atom is -0.503 e. The molecular weight excluding hydrogens is 214 g/mol. The third-order valence-electron chi connectivity index (χ3n) is 3.22. The highest BCUT2D eigenvalue weighted by atomic mass is 16.3. The van der Waals surface area contributed by atoms with E-state index < -0.39 is 0 Å². The van der Waals surface area contributed by atoms with Crippen molar-refractivity contribution in [3.05, 3.63) is 53.4 Å². The average Bonchev–Trinajstić information content (AvgIpc) is 2.64. The quantitative estimate of drug-likeness (QED) is 0.801. The fourth-order valence-electron chi connectivity index (χ4n) is 2.41. The molecule has 86 valence electrons. The second-order valence-corrected chi connectivity index (χ2v) is 4.28. The van der Waals surface area contributed by atoms with E-state index >= 15 is 0 Å². The van der Waals surface area contributed by atoms with Crippen LogP contribution in [0, 0.1) is 0 Å². The Bertz CT molecular complexity index is 528. The van der Waals surface area contributed by atoms with Gasteiger partial charge in [-0.05, 0) is 31.4 Å². The Kier molecular flexibility index (Phi) is 2.25. The molecule has 17 heavy (non-hydrogen) atoms. The van der Waals surface area contributed by atoms with Gasteiger partial charge in [-0.2, -0.15) is 0 Å². The van der Waals surface area contributed by atoms with Crippen LogP contribution in [0.4, 0.5) is 5.69 Å². The second-order valence-electron chi connectivity index (χ2n) is 4.28. The minimum absolute atomic E-state index is 0.0835. The number of rotatable bonds is 1. The Morgan fingerprint density at radius 3 is 2.71 bits per heavy atom. The first kappa shape index (κ1) is 10.1. The normalized spacial score (nSPS) is 19.4. The number of fused-ring (bicyclic) bond motifs is 1. The number of para-hydroxylation sites is 1. The highest BCUT2D eigenvalue weighted by Crippen LogP contribution is 2.38. The molecule has 1 aliphatic carbocycles. The third kappa shape index (κ3) is 1.46. The fraction of sp³-hybridized carbons (Fsp3) is 0.214. The first-order valence-corrected chi connectivity index (χ1v) is 5.81. The number of allylic oxidation sites excluding steroid dienone is 2. The molecule has 1 amide bonds. The van der Waals surface area contributed by atoms with Crippen LogP contribution in [0.3, 0.4) is 0 Å². The van der Waals surface area contributed by atoms with Crippen LogP contribution in [0.25, 0.3) is 0 Å². The van der Waals surface area contributed by atoms with Crippen molar-refractivity contribution < 1.29 is 9.90 Å². The van der Waals surface area contributed by atoms with E-state index in [-0.39, 0.29) is 11.7 Å². The predicted molar refractivity (Wildman–Crippen MR) is 65.5 cm³/mol. The van der Waals surface area contributed by atoms with E-state index in [1.807, 2.05) is 36.4 Å². The molecule has 0 saturated carbocycles. The molecule has 0 spiro atoms. The highest BCUT2D eigenvalue weighted by molar-refractivity contribution is 6.11. The van der Waals surface area contributed by atoms with E-state index in [1.165, 1.54) is 0 Å². The number of hydrogen-bond donors (Lipinski definition) is 1. The summed E-state index contributed by atoms with van der Waals surface area (Å²) >= 11 is 0. The van der Waals surface area contributed by atoms with Gasteiger partial charge < -0.3 is 5.11 Å². The summed E-state index contributed by atoms with van der Waals surface area (Å²) in [4.78, 5) is 13.7. The van der Waals surface area contributed by atoms with Crippen LogP contribution in [0.15, 0.2) is 53.4 Å². The topological polar surface area (TPSA) is 40.5 Å². The molecule has 1 heterocycles. The molecule has 3 heteroatoms. The maximum Gasteiger partial charge on any atom is 0.298 e. The first-order chi connectivity index (χ1) is 8.29. The van der Waals surface area contributed by atoms with Gasteiger partial charge in [0.05, 0.1) is 5.70 Å². The van der Waals surface area contributed by atoms with Crippen molar-refractivity contribution >= 4 is 11.6 Å². The molecule has 1 N–H and O–H groups in total. The molecule has 1 aromatic rings. The van der Waals surface area contributed by atoms with Crippen LogP contribution < -0.4 is 4.90 Å². The summed E-state index contributed by atoms with van der Waals surface area (Å²) in [6, 6.07) is 9.45. The number of aliphatic hydroxyl groups excluding tert-OH is 1. The van der Waals surface area contributed by atoms with Gasteiger partial charge in [0.25, 0.3) is 5.91 Å². The summed E-state index contributed by atoms with van der Waals surface area (Å²) in [6.07, 6.45) is 4.78. The van der Waals surface area contributed by atoms with E-state index in [4.69, 9.17) is 0 Å². The molecule has 1 aliphatic heterocycles. The zero-order valence-electron chi connectivity index (χ0n) is 9.39. The van der Waals surface area contributed by atoms with Crippen molar-refractivity contribution in [1.29, 1.82) is 0 Å². The van der Waals surface area contributed by atoms with Crippen molar-refractivity contribution in [2.24, 2.45) is 0 Å². The molecule has 0 aromatic heterocycles. The second kappa shape index (κ2) is 3.77. The van der Waals surface area contributed by atoms with Gasteiger partial charge in [-0.15, -0.1) is 0 Å². The number of carbonyl (C=O) groups is 1. The molecule has 0 radical (unpaired) electrons. The highest BCUT2D eigenvalue weighted by Gasteiger charge is 2.36. The van der Waals surface area contributed by atoms with Crippen LogP contribution in [-0.2, 0) is 4.79 Å². The van der Waals surface area contributed by atoms with Crippen LogP contribution in [0.2, 0.25) is 0 Å². The number of nitrogens with zero attached hydrogens (tertiary/aromatic N) is 1. The summed E-state index contributed by atoms with van der Waals surface area (Å²) in [5.74, 6) is -0.390. The maximum absolute atomic E-state index is 12.0. The van der Waals surface area contributed by atoms with Crippen molar-refractivity contribution in [2.75, 3.05) is 4.90 Å². The minimum atomic E-state index is -0.306. The van der Waals surface area contributed by atoms with Gasteiger partial charge in [0, 0.05) is 11.3 Å². The number of carbonyl (C=O) groups excluding carboxylic acids is 1. The van der Waals surface area contributed by atoms with E-state index in [9.17, 15) is 9.90 Å². The molecule has 1 aromatic carbocycles. The van der Waals surface area contributed by atoms with Crippen molar-refractivity contribution in [3.63, 3.8) is 0 Å². The summed E-state index contributed by atoms with van der Waals surface area (Å²) in [6.45, 7) is 0. The number of amides is 1. The van der Waals surface area contributed by atoms with Gasteiger partial charge in [0.2, 0.25) is 0 Å². The lowest BCUT2D eigenvalue weighted by Crippen LogP contribution is -2.25. The zero-order valence-corrected chi connectivity index (χ0v) is 9.39. The molecule has 2 aliphatic rings. The van der Waals surface area contributed by atoms with Crippen molar-refractivity contribution in [3.8, 4) is 0 Å². The molecule has 3 nitrogen and oxygen atoms in total. The van der Waals surface area contributed by atoms with Gasteiger partial charge in [0.1, 0.15) is 0 Å². The van der Waals surface area contributed by atoms with Crippen LogP contribution in [0.5, 0.6) is 0 Å². The predicted octanol–water partition coefficient (Wildman–Crippen LogP) is 2.91. The summed E-state index contributed by atoms with van der Waals surface area (Å²) in [5, 5.41) is 9.87. The summed E-state index contributed by atoms with van der Waals surface area (Å²) < 4.78 is 0. The zero-order chi connectivity index (χ0) is 11.8. The van der Waals surface area contributed by atoms with Gasteiger partial charge >= 0.3 is 0 Å². The van der Waals surface area contributed by atoms with E-state index in [0.29, 0.717) is 0 Å². The van der Waals surface area contributed by atoms with Crippen molar-refractivity contribution in [2.45, 2.75) is 19.3 Å². The molecule has 0 fully saturated rings. The fourth-order valence-corrected chi connectivity index (χ4v) is 2.41. The maximum atomic E-state index is 12.0. The van der Waals surface area contributed by atoms with Crippen LogP contribution >= 0.6 is 0 Å². The van der Waals surface area contributed by atoms with Gasteiger partial charge in [-0.3, -0.25) is 9.69 Å². The smallest absolute Gasteiger partial charge is 0.298 e. The summed E-state index contributed by atoms with van der Waals surface area (Å²) in [5.41, 5.74) is 2.47.